The Morgan fingerprint density at radius 2 is 2.24 bits per heavy atom. The van der Waals surface area contributed by atoms with Crippen LogP contribution in [0, 0.1) is 5.92 Å². The predicted molar refractivity (Wildman–Crippen MR) is 71.9 cm³/mol. The van der Waals surface area contributed by atoms with Gasteiger partial charge in [-0.3, -0.25) is 0 Å². The number of piperidine rings is 1. The number of anilines is 1. The van der Waals surface area contributed by atoms with Crippen molar-refractivity contribution in [3.8, 4) is 0 Å². The third kappa shape index (κ3) is 3.96. The van der Waals surface area contributed by atoms with E-state index in [2.05, 4.69) is 4.98 Å². The molecule has 0 bridgehead atoms. The Morgan fingerprint density at radius 1 is 1.48 bits per heavy atom. The molecule has 1 unspecified atom stereocenters. The smallest absolute Gasteiger partial charge is 0.393 e. The van der Waals surface area contributed by atoms with Crippen molar-refractivity contribution >= 4 is 17.9 Å². The van der Waals surface area contributed by atoms with Gasteiger partial charge < -0.3 is 10.0 Å². The Morgan fingerprint density at radius 3 is 2.90 bits per heavy atom. The molecule has 0 amide bonds. The molecule has 7 heteroatoms. The predicted octanol–water partition coefficient (Wildman–Crippen LogP) is 2.96. The molecule has 1 fully saturated rings. The van der Waals surface area contributed by atoms with Gasteiger partial charge in [0.15, 0.2) is 0 Å². The summed E-state index contributed by atoms with van der Waals surface area (Å²) < 4.78 is 38.5. The fourth-order valence-corrected chi connectivity index (χ4v) is 2.40. The molecule has 114 valence electrons. The molecule has 1 aromatic heterocycles. The van der Waals surface area contributed by atoms with Gasteiger partial charge in [0.1, 0.15) is 5.82 Å². The van der Waals surface area contributed by atoms with Gasteiger partial charge in [-0.1, -0.05) is 0 Å². The van der Waals surface area contributed by atoms with E-state index in [9.17, 15) is 18.0 Å². The van der Waals surface area contributed by atoms with Gasteiger partial charge in [0.25, 0.3) is 0 Å². The summed E-state index contributed by atoms with van der Waals surface area (Å²) in [5, 5.41) is 8.66. The summed E-state index contributed by atoms with van der Waals surface area (Å²) in [5.74, 6) is -2.09. The highest BCUT2D eigenvalue weighted by Gasteiger charge is 2.42. The maximum Gasteiger partial charge on any atom is 0.393 e. The quantitative estimate of drug-likeness (QED) is 0.872. The van der Waals surface area contributed by atoms with E-state index in [1.807, 2.05) is 0 Å². The van der Waals surface area contributed by atoms with Gasteiger partial charge in [-0.05, 0) is 31.1 Å². The number of carbonyl (C=O) groups is 1. The maximum atomic E-state index is 12.8. The number of carboxylic acids is 1. The zero-order valence-electron chi connectivity index (χ0n) is 11.2. The van der Waals surface area contributed by atoms with Crippen LogP contribution in [-0.4, -0.2) is 35.3 Å². The summed E-state index contributed by atoms with van der Waals surface area (Å²) in [6.45, 7) is 0.339. The summed E-state index contributed by atoms with van der Waals surface area (Å²) in [5.41, 5.74) is 0.503. The first-order valence-corrected chi connectivity index (χ1v) is 6.55. The second-order valence-electron chi connectivity index (χ2n) is 4.91. The molecule has 1 aromatic rings. The lowest BCUT2D eigenvalue weighted by Crippen LogP contribution is -2.42. The zero-order chi connectivity index (χ0) is 15.5. The van der Waals surface area contributed by atoms with E-state index in [1.165, 1.54) is 12.3 Å². The third-order valence-corrected chi connectivity index (χ3v) is 3.41. The number of carboxylic acid groups (broad SMARTS) is 1. The molecular weight excluding hydrogens is 285 g/mol. The number of aliphatic carboxylic acids is 1. The average Bonchev–Trinajstić information content (AvgIpc) is 2.44. The van der Waals surface area contributed by atoms with Gasteiger partial charge in [-0.2, -0.15) is 13.2 Å². The van der Waals surface area contributed by atoms with E-state index in [4.69, 9.17) is 5.11 Å². The number of halogens is 3. The van der Waals surface area contributed by atoms with Crippen LogP contribution in [0.5, 0.6) is 0 Å². The maximum absolute atomic E-state index is 12.8. The van der Waals surface area contributed by atoms with Crippen LogP contribution in [0.3, 0.4) is 0 Å². The number of hydrogen-bond acceptors (Lipinski definition) is 3. The molecule has 1 aliphatic heterocycles. The minimum atomic E-state index is -4.22. The highest BCUT2D eigenvalue weighted by Crippen LogP contribution is 2.35. The SMILES string of the molecule is O=C(O)/C=C/c1cccnc1N1CCCC(C(F)(F)F)C1. The zero-order valence-corrected chi connectivity index (χ0v) is 11.2. The van der Waals surface area contributed by atoms with Crippen molar-refractivity contribution in [1.29, 1.82) is 0 Å². The van der Waals surface area contributed by atoms with E-state index < -0.39 is 18.1 Å². The number of aromatic nitrogens is 1. The Hall–Kier alpha value is -2.05. The van der Waals surface area contributed by atoms with Crippen molar-refractivity contribution < 1.29 is 23.1 Å². The number of nitrogens with zero attached hydrogens (tertiary/aromatic N) is 2. The van der Waals surface area contributed by atoms with Crippen molar-refractivity contribution in [2.75, 3.05) is 18.0 Å². The van der Waals surface area contributed by atoms with Gasteiger partial charge >= 0.3 is 12.1 Å². The molecule has 0 aliphatic carbocycles. The van der Waals surface area contributed by atoms with Gasteiger partial charge in [0.05, 0.1) is 5.92 Å². The molecule has 4 nitrogen and oxygen atoms in total. The van der Waals surface area contributed by atoms with E-state index in [0.29, 0.717) is 24.3 Å². The lowest BCUT2D eigenvalue weighted by atomic mass is 9.97. The van der Waals surface area contributed by atoms with Crippen LogP contribution in [0.25, 0.3) is 6.08 Å². The number of pyridine rings is 1. The lowest BCUT2D eigenvalue weighted by Gasteiger charge is -2.35. The van der Waals surface area contributed by atoms with Crippen molar-refractivity contribution in [3.05, 3.63) is 30.0 Å². The van der Waals surface area contributed by atoms with E-state index in [1.54, 1.807) is 17.0 Å². The van der Waals surface area contributed by atoms with E-state index >= 15 is 0 Å². The molecule has 21 heavy (non-hydrogen) atoms. The lowest BCUT2D eigenvalue weighted by molar-refractivity contribution is -0.176. The van der Waals surface area contributed by atoms with Crippen molar-refractivity contribution in [3.63, 3.8) is 0 Å². The molecule has 0 saturated carbocycles. The first-order chi connectivity index (χ1) is 9.88. The minimum absolute atomic E-state index is 0.118. The Balaban J connectivity index is 2.23. The fourth-order valence-electron chi connectivity index (χ4n) is 2.40. The normalized spacial score (nSPS) is 20.0. The van der Waals surface area contributed by atoms with Crippen molar-refractivity contribution in [2.45, 2.75) is 19.0 Å². The summed E-state index contributed by atoms with van der Waals surface area (Å²) in [4.78, 5) is 16.3. The number of rotatable bonds is 3. The van der Waals surface area contributed by atoms with Gasteiger partial charge in [0, 0.05) is 30.9 Å². The summed E-state index contributed by atoms with van der Waals surface area (Å²) in [6.07, 6.45) is 0.124. The largest absolute Gasteiger partial charge is 0.478 e. The van der Waals surface area contributed by atoms with Crippen LogP contribution in [-0.2, 0) is 4.79 Å². The highest BCUT2D eigenvalue weighted by molar-refractivity contribution is 5.86. The summed E-state index contributed by atoms with van der Waals surface area (Å²) >= 11 is 0. The third-order valence-electron chi connectivity index (χ3n) is 3.41. The molecular formula is C14H15F3N2O2. The van der Waals surface area contributed by atoms with Crippen LogP contribution in [0.1, 0.15) is 18.4 Å². The molecule has 2 rings (SSSR count). The van der Waals surface area contributed by atoms with Crippen LogP contribution >= 0.6 is 0 Å². The second kappa shape index (κ2) is 6.15. The average molecular weight is 300 g/mol. The number of hydrogen-bond donors (Lipinski definition) is 1. The Labute approximate surface area is 119 Å². The molecule has 1 atom stereocenters. The standard InChI is InChI=1S/C14H15F3N2O2/c15-14(16,17)11-4-2-8-19(9-11)13-10(3-1-7-18-13)5-6-12(20)21/h1,3,5-7,11H,2,4,8-9H2,(H,20,21)/b6-5+. The van der Waals surface area contributed by atoms with Crippen LogP contribution in [0.15, 0.2) is 24.4 Å². The molecule has 0 spiro atoms. The first kappa shape index (κ1) is 15.3. The van der Waals surface area contributed by atoms with Crippen LogP contribution < -0.4 is 4.90 Å². The summed E-state index contributed by atoms with van der Waals surface area (Å²) in [6, 6.07) is 3.26. The number of alkyl halides is 3. The van der Waals surface area contributed by atoms with E-state index in [0.717, 1.165) is 6.08 Å². The topological polar surface area (TPSA) is 53.4 Å². The van der Waals surface area contributed by atoms with Gasteiger partial charge in [-0.25, -0.2) is 9.78 Å². The Kier molecular flexibility index (Phi) is 4.50. The van der Waals surface area contributed by atoms with E-state index in [-0.39, 0.29) is 13.0 Å². The van der Waals surface area contributed by atoms with Crippen LogP contribution in [0.2, 0.25) is 0 Å². The second-order valence-corrected chi connectivity index (χ2v) is 4.91. The Bertz CT molecular complexity index is 543. The molecule has 0 radical (unpaired) electrons. The van der Waals surface area contributed by atoms with Crippen LogP contribution in [0.4, 0.5) is 19.0 Å². The molecule has 1 saturated heterocycles. The van der Waals surface area contributed by atoms with Gasteiger partial charge in [-0.15, -0.1) is 0 Å². The highest BCUT2D eigenvalue weighted by atomic mass is 19.4. The first-order valence-electron chi connectivity index (χ1n) is 6.55. The molecule has 1 aliphatic rings. The van der Waals surface area contributed by atoms with Crippen molar-refractivity contribution in [1.82, 2.24) is 4.98 Å². The summed E-state index contributed by atoms with van der Waals surface area (Å²) in [7, 11) is 0. The molecule has 0 aromatic carbocycles. The minimum Gasteiger partial charge on any atom is -0.478 e. The molecule has 1 N–H and O–H groups in total. The fraction of sp³-hybridized carbons (Fsp3) is 0.429. The van der Waals surface area contributed by atoms with Gasteiger partial charge in [0.2, 0.25) is 0 Å². The molecule has 2 heterocycles. The van der Waals surface area contributed by atoms with Crippen molar-refractivity contribution in [2.24, 2.45) is 5.92 Å². The monoisotopic (exact) mass is 300 g/mol.